The van der Waals surface area contributed by atoms with Crippen molar-refractivity contribution in [3.8, 4) is 0 Å². The van der Waals surface area contributed by atoms with Crippen molar-refractivity contribution in [3.63, 3.8) is 0 Å². The Morgan fingerprint density at radius 1 is 1.06 bits per heavy atom. The second-order valence-electron chi connectivity index (χ2n) is 10.5. The van der Waals surface area contributed by atoms with Gasteiger partial charge in [0, 0.05) is 51.9 Å². The quantitative estimate of drug-likeness (QED) is 0.360. The van der Waals surface area contributed by atoms with Crippen LogP contribution in [0.2, 0.25) is 0 Å². The fourth-order valence-electron chi connectivity index (χ4n) is 5.33. The lowest BCUT2D eigenvalue weighted by atomic mass is 9.80. The van der Waals surface area contributed by atoms with E-state index in [2.05, 4.69) is 37.0 Å². The SMILES string of the molecule is COCCC(CCC(C)Cc1cccc(C(=O)N2CCOCC2)c1)(CC(C)Cc1cccnc1)OC. The van der Waals surface area contributed by atoms with Gasteiger partial charge in [-0.05, 0) is 79.7 Å². The predicted molar refractivity (Wildman–Crippen MR) is 143 cm³/mol. The summed E-state index contributed by atoms with van der Waals surface area (Å²) >= 11 is 0. The number of benzene rings is 1. The maximum Gasteiger partial charge on any atom is 0.254 e. The second-order valence-corrected chi connectivity index (χ2v) is 10.5. The maximum atomic E-state index is 12.9. The zero-order valence-electron chi connectivity index (χ0n) is 22.6. The molecule has 198 valence electrons. The lowest BCUT2D eigenvalue weighted by Gasteiger charge is -2.36. The summed E-state index contributed by atoms with van der Waals surface area (Å²) in [6.07, 6.45) is 9.62. The third kappa shape index (κ3) is 8.68. The maximum absolute atomic E-state index is 12.9. The van der Waals surface area contributed by atoms with Crippen LogP contribution in [0.4, 0.5) is 0 Å². The Balaban J connectivity index is 1.59. The van der Waals surface area contributed by atoms with Crippen LogP contribution in [0, 0.1) is 11.8 Å². The Morgan fingerprint density at radius 3 is 2.50 bits per heavy atom. The molecule has 6 heteroatoms. The van der Waals surface area contributed by atoms with Gasteiger partial charge in [0.05, 0.1) is 18.8 Å². The number of methoxy groups -OCH3 is 2. The van der Waals surface area contributed by atoms with E-state index in [1.807, 2.05) is 42.6 Å². The lowest BCUT2D eigenvalue weighted by Crippen LogP contribution is -2.40. The van der Waals surface area contributed by atoms with Crippen LogP contribution in [-0.2, 0) is 27.1 Å². The first kappa shape index (κ1) is 28.3. The van der Waals surface area contributed by atoms with E-state index in [9.17, 15) is 4.79 Å². The van der Waals surface area contributed by atoms with Gasteiger partial charge in [-0.2, -0.15) is 0 Å². The molecule has 0 radical (unpaired) electrons. The van der Waals surface area contributed by atoms with Crippen LogP contribution in [-0.4, -0.2) is 68.5 Å². The first-order valence-corrected chi connectivity index (χ1v) is 13.3. The van der Waals surface area contributed by atoms with Crippen molar-refractivity contribution in [1.29, 1.82) is 0 Å². The normalized spacial score (nSPS) is 17.4. The average molecular weight is 497 g/mol. The second kappa shape index (κ2) is 14.5. The summed E-state index contributed by atoms with van der Waals surface area (Å²) in [7, 11) is 3.60. The van der Waals surface area contributed by atoms with Crippen LogP contribution in [0.5, 0.6) is 0 Å². The van der Waals surface area contributed by atoms with Crippen LogP contribution >= 0.6 is 0 Å². The third-order valence-corrected chi connectivity index (χ3v) is 7.37. The predicted octanol–water partition coefficient (Wildman–Crippen LogP) is 5.20. The highest BCUT2D eigenvalue weighted by Gasteiger charge is 2.32. The molecule has 1 aliphatic heterocycles. The first-order chi connectivity index (χ1) is 17.4. The Labute approximate surface area is 217 Å². The molecule has 3 unspecified atom stereocenters. The van der Waals surface area contributed by atoms with E-state index in [0.29, 0.717) is 44.7 Å². The van der Waals surface area contributed by atoms with Gasteiger partial charge in [-0.15, -0.1) is 0 Å². The van der Waals surface area contributed by atoms with Crippen LogP contribution in [0.3, 0.4) is 0 Å². The van der Waals surface area contributed by atoms with Gasteiger partial charge in [0.25, 0.3) is 5.91 Å². The molecule has 0 saturated carbocycles. The molecule has 0 bridgehead atoms. The first-order valence-electron chi connectivity index (χ1n) is 13.3. The zero-order chi connectivity index (χ0) is 25.8. The molecule has 1 fully saturated rings. The van der Waals surface area contributed by atoms with E-state index < -0.39 is 0 Å². The number of ether oxygens (including phenoxy) is 3. The molecular formula is C30H44N2O4. The minimum atomic E-state index is -0.208. The van der Waals surface area contributed by atoms with E-state index in [1.165, 1.54) is 11.1 Å². The summed E-state index contributed by atoms with van der Waals surface area (Å²) in [4.78, 5) is 19.1. The van der Waals surface area contributed by atoms with Gasteiger partial charge >= 0.3 is 0 Å². The number of rotatable bonds is 14. The Bertz CT molecular complexity index is 916. The largest absolute Gasteiger partial charge is 0.385 e. The highest BCUT2D eigenvalue weighted by atomic mass is 16.5. The number of morpholine rings is 1. The fourth-order valence-corrected chi connectivity index (χ4v) is 5.33. The van der Waals surface area contributed by atoms with Crippen LogP contribution < -0.4 is 0 Å². The molecule has 0 aliphatic carbocycles. The molecule has 0 spiro atoms. The van der Waals surface area contributed by atoms with Crippen molar-refractivity contribution in [1.82, 2.24) is 9.88 Å². The molecule has 3 atom stereocenters. The number of hydrogen-bond acceptors (Lipinski definition) is 5. The molecule has 1 aromatic heterocycles. The van der Waals surface area contributed by atoms with E-state index >= 15 is 0 Å². The molecule has 1 aromatic carbocycles. The van der Waals surface area contributed by atoms with Crippen LogP contribution in [0.25, 0.3) is 0 Å². The summed E-state index contributed by atoms with van der Waals surface area (Å²) in [5.74, 6) is 1.06. The van der Waals surface area contributed by atoms with E-state index in [1.54, 1.807) is 7.11 Å². The molecule has 6 nitrogen and oxygen atoms in total. The molecule has 0 N–H and O–H groups in total. The van der Waals surface area contributed by atoms with Crippen molar-refractivity contribution < 1.29 is 19.0 Å². The Morgan fingerprint density at radius 2 is 1.81 bits per heavy atom. The van der Waals surface area contributed by atoms with Gasteiger partial charge in [-0.1, -0.05) is 32.0 Å². The molecular weight excluding hydrogens is 452 g/mol. The van der Waals surface area contributed by atoms with Crippen molar-refractivity contribution in [3.05, 3.63) is 65.5 Å². The Kier molecular flexibility index (Phi) is 11.4. The highest BCUT2D eigenvalue weighted by Crippen LogP contribution is 2.33. The Hall–Kier alpha value is -2.28. The number of carbonyl (C=O) groups excluding carboxylic acids is 1. The highest BCUT2D eigenvalue weighted by molar-refractivity contribution is 5.94. The molecule has 2 heterocycles. The molecule has 36 heavy (non-hydrogen) atoms. The minimum Gasteiger partial charge on any atom is -0.385 e. The standard InChI is InChI=1S/C30H44N2O4/c1-24(19-26-7-5-9-28(21-26)29(33)32-14-17-36-18-15-32)10-11-30(35-4,12-16-34-3)22-25(2)20-27-8-6-13-31-23-27/h5-9,13,21,23-25H,10-12,14-20,22H2,1-4H3. The van der Waals surface area contributed by atoms with Gasteiger partial charge in [0.1, 0.15) is 0 Å². The summed E-state index contributed by atoms with van der Waals surface area (Å²) in [6.45, 7) is 7.85. The van der Waals surface area contributed by atoms with E-state index in [-0.39, 0.29) is 11.5 Å². The van der Waals surface area contributed by atoms with Crippen LogP contribution in [0.15, 0.2) is 48.8 Å². The van der Waals surface area contributed by atoms with Gasteiger partial charge in [0.2, 0.25) is 0 Å². The van der Waals surface area contributed by atoms with Gasteiger partial charge < -0.3 is 19.1 Å². The molecule has 1 amide bonds. The molecule has 3 rings (SSSR count). The summed E-state index contributed by atoms with van der Waals surface area (Å²) in [5, 5.41) is 0. The number of pyridine rings is 1. The summed E-state index contributed by atoms with van der Waals surface area (Å²) in [5.41, 5.74) is 3.05. The minimum absolute atomic E-state index is 0.105. The third-order valence-electron chi connectivity index (χ3n) is 7.37. The smallest absolute Gasteiger partial charge is 0.254 e. The number of hydrogen-bond donors (Lipinski definition) is 0. The summed E-state index contributed by atoms with van der Waals surface area (Å²) < 4.78 is 17.1. The topological polar surface area (TPSA) is 60.9 Å². The van der Waals surface area contributed by atoms with E-state index in [0.717, 1.165) is 44.1 Å². The monoisotopic (exact) mass is 496 g/mol. The lowest BCUT2D eigenvalue weighted by molar-refractivity contribution is -0.0576. The molecule has 2 aromatic rings. The summed E-state index contributed by atoms with van der Waals surface area (Å²) in [6, 6.07) is 12.3. The van der Waals surface area contributed by atoms with Crippen molar-refractivity contribution in [2.45, 2.75) is 58.0 Å². The number of nitrogens with zero attached hydrogens (tertiary/aromatic N) is 2. The zero-order valence-corrected chi connectivity index (χ0v) is 22.6. The number of amides is 1. The van der Waals surface area contributed by atoms with Crippen LogP contribution in [0.1, 0.15) is 61.0 Å². The number of aromatic nitrogens is 1. The van der Waals surface area contributed by atoms with Crippen molar-refractivity contribution >= 4 is 5.91 Å². The van der Waals surface area contributed by atoms with E-state index in [4.69, 9.17) is 14.2 Å². The molecule has 1 saturated heterocycles. The van der Waals surface area contributed by atoms with Crippen molar-refractivity contribution in [2.75, 3.05) is 47.1 Å². The fraction of sp³-hybridized carbons (Fsp3) is 0.600. The average Bonchev–Trinajstić information content (AvgIpc) is 2.91. The molecule has 1 aliphatic rings. The van der Waals surface area contributed by atoms with Gasteiger partial charge in [-0.3, -0.25) is 9.78 Å². The van der Waals surface area contributed by atoms with Gasteiger partial charge in [0.15, 0.2) is 0 Å². The number of carbonyl (C=O) groups is 1. The van der Waals surface area contributed by atoms with Gasteiger partial charge in [-0.25, -0.2) is 0 Å². The van der Waals surface area contributed by atoms with Crippen molar-refractivity contribution in [2.24, 2.45) is 11.8 Å².